The fraction of sp³-hybridized carbons (Fsp3) is 0.263. The van der Waals surface area contributed by atoms with Gasteiger partial charge in [0.1, 0.15) is 5.75 Å². The van der Waals surface area contributed by atoms with Crippen LogP contribution in [0.3, 0.4) is 0 Å². The standard InChI is InChI=1S/C19H21NO3/c1-3-15-8-10-16(11-9-15)23-13-12-19(22)20-18-7-5-4-6-17(18)14(2)21/h4-11H,3,12-13H2,1-2H3,(H,20,22). The van der Waals surface area contributed by atoms with Gasteiger partial charge in [-0.3, -0.25) is 9.59 Å². The van der Waals surface area contributed by atoms with Crippen LogP contribution in [0.5, 0.6) is 5.75 Å². The minimum atomic E-state index is -0.177. The van der Waals surface area contributed by atoms with Crippen molar-refractivity contribution >= 4 is 17.4 Å². The molecule has 2 aromatic rings. The average molecular weight is 311 g/mol. The third kappa shape index (κ3) is 4.95. The van der Waals surface area contributed by atoms with E-state index in [2.05, 4.69) is 12.2 Å². The van der Waals surface area contributed by atoms with Crippen LogP contribution in [0.1, 0.15) is 36.2 Å². The fourth-order valence-corrected chi connectivity index (χ4v) is 2.19. The molecule has 0 aliphatic heterocycles. The SMILES string of the molecule is CCc1ccc(OCCC(=O)Nc2ccccc2C(C)=O)cc1. The van der Waals surface area contributed by atoms with Gasteiger partial charge in [0.15, 0.2) is 5.78 Å². The fourth-order valence-electron chi connectivity index (χ4n) is 2.19. The predicted octanol–water partition coefficient (Wildman–Crippen LogP) is 3.86. The van der Waals surface area contributed by atoms with Crippen molar-refractivity contribution in [2.45, 2.75) is 26.7 Å². The average Bonchev–Trinajstić information content (AvgIpc) is 2.56. The highest BCUT2D eigenvalue weighted by Crippen LogP contribution is 2.16. The molecule has 0 unspecified atom stereocenters. The van der Waals surface area contributed by atoms with Crippen LogP contribution < -0.4 is 10.1 Å². The summed E-state index contributed by atoms with van der Waals surface area (Å²) in [6, 6.07) is 14.8. The van der Waals surface area contributed by atoms with Gasteiger partial charge in [-0.25, -0.2) is 0 Å². The quantitative estimate of drug-likeness (QED) is 0.790. The lowest BCUT2D eigenvalue weighted by Crippen LogP contribution is -2.16. The van der Waals surface area contributed by atoms with Crippen molar-refractivity contribution in [1.29, 1.82) is 0 Å². The summed E-state index contributed by atoms with van der Waals surface area (Å²) in [5.74, 6) is 0.496. The van der Waals surface area contributed by atoms with E-state index in [0.717, 1.165) is 12.2 Å². The number of nitrogens with one attached hydrogen (secondary N) is 1. The van der Waals surface area contributed by atoms with Gasteiger partial charge in [0.2, 0.25) is 5.91 Å². The van der Waals surface area contributed by atoms with Gasteiger partial charge in [0.05, 0.1) is 18.7 Å². The van der Waals surface area contributed by atoms with Crippen molar-refractivity contribution in [3.05, 3.63) is 59.7 Å². The van der Waals surface area contributed by atoms with Gasteiger partial charge in [-0.2, -0.15) is 0 Å². The van der Waals surface area contributed by atoms with E-state index < -0.39 is 0 Å². The highest BCUT2D eigenvalue weighted by molar-refractivity contribution is 6.03. The Balaban J connectivity index is 1.84. The molecule has 0 aliphatic rings. The summed E-state index contributed by atoms with van der Waals surface area (Å²) < 4.78 is 5.56. The molecule has 2 rings (SSSR count). The maximum Gasteiger partial charge on any atom is 0.227 e. The van der Waals surface area contributed by atoms with Crippen LogP contribution in [0.25, 0.3) is 0 Å². The number of Topliss-reactive ketones (excluding diaryl/α,β-unsaturated/α-hetero) is 1. The summed E-state index contributed by atoms with van der Waals surface area (Å²) in [5.41, 5.74) is 2.30. The zero-order valence-electron chi connectivity index (χ0n) is 13.5. The monoisotopic (exact) mass is 311 g/mol. The molecule has 0 fully saturated rings. The molecule has 120 valence electrons. The zero-order valence-corrected chi connectivity index (χ0v) is 13.5. The summed E-state index contributed by atoms with van der Waals surface area (Å²) >= 11 is 0. The summed E-state index contributed by atoms with van der Waals surface area (Å²) in [6.07, 6.45) is 1.21. The molecule has 0 heterocycles. The topological polar surface area (TPSA) is 55.4 Å². The van der Waals surface area contributed by atoms with Gasteiger partial charge < -0.3 is 10.1 Å². The molecule has 0 saturated heterocycles. The Hall–Kier alpha value is -2.62. The van der Waals surface area contributed by atoms with Crippen molar-refractivity contribution in [2.75, 3.05) is 11.9 Å². The van der Waals surface area contributed by atoms with Crippen LogP contribution in [0.15, 0.2) is 48.5 Å². The summed E-state index contributed by atoms with van der Waals surface area (Å²) in [6.45, 7) is 3.87. The summed E-state index contributed by atoms with van der Waals surface area (Å²) in [7, 11) is 0. The Labute approximate surface area is 136 Å². The lowest BCUT2D eigenvalue weighted by atomic mass is 10.1. The molecule has 1 amide bonds. The summed E-state index contributed by atoms with van der Waals surface area (Å²) in [5, 5.41) is 2.76. The largest absolute Gasteiger partial charge is 0.493 e. The number of amides is 1. The second-order valence-corrected chi connectivity index (χ2v) is 5.25. The van der Waals surface area contributed by atoms with Crippen molar-refractivity contribution < 1.29 is 14.3 Å². The minimum absolute atomic E-state index is 0.0758. The zero-order chi connectivity index (χ0) is 16.7. The van der Waals surface area contributed by atoms with E-state index in [4.69, 9.17) is 4.74 Å². The lowest BCUT2D eigenvalue weighted by molar-refractivity contribution is -0.116. The van der Waals surface area contributed by atoms with Gasteiger partial charge in [-0.15, -0.1) is 0 Å². The number of anilines is 1. The molecular weight excluding hydrogens is 290 g/mol. The molecule has 2 aromatic carbocycles. The van der Waals surface area contributed by atoms with Gasteiger partial charge in [-0.05, 0) is 43.2 Å². The second-order valence-electron chi connectivity index (χ2n) is 5.25. The number of ketones is 1. The first-order chi connectivity index (χ1) is 11.1. The normalized spacial score (nSPS) is 10.2. The van der Waals surface area contributed by atoms with E-state index in [1.807, 2.05) is 24.3 Å². The first-order valence-corrected chi connectivity index (χ1v) is 7.71. The van der Waals surface area contributed by atoms with E-state index in [0.29, 0.717) is 17.9 Å². The maximum absolute atomic E-state index is 12.0. The van der Waals surface area contributed by atoms with Crippen molar-refractivity contribution in [1.82, 2.24) is 0 Å². The van der Waals surface area contributed by atoms with E-state index in [1.165, 1.54) is 12.5 Å². The van der Waals surface area contributed by atoms with E-state index in [1.54, 1.807) is 24.3 Å². The molecule has 0 bridgehead atoms. The van der Waals surface area contributed by atoms with Crippen molar-refractivity contribution in [2.24, 2.45) is 0 Å². The third-order valence-electron chi connectivity index (χ3n) is 3.51. The first-order valence-electron chi connectivity index (χ1n) is 7.71. The number of carbonyl (C=O) groups excluding carboxylic acids is 2. The van der Waals surface area contributed by atoms with E-state index in [9.17, 15) is 9.59 Å². The summed E-state index contributed by atoms with van der Waals surface area (Å²) in [4.78, 5) is 23.5. The second kappa shape index (κ2) is 8.13. The Morgan fingerprint density at radius 1 is 1.04 bits per heavy atom. The van der Waals surface area contributed by atoms with Crippen LogP contribution in [-0.2, 0) is 11.2 Å². The van der Waals surface area contributed by atoms with Gasteiger partial charge in [-0.1, -0.05) is 31.2 Å². The molecule has 0 atom stereocenters. The van der Waals surface area contributed by atoms with Crippen LogP contribution in [0.2, 0.25) is 0 Å². The number of hydrogen-bond donors (Lipinski definition) is 1. The Bertz CT molecular complexity index is 677. The third-order valence-corrected chi connectivity index (χ3v) is 3.51. The lowest BCUT2D eigenvalue weighted by Gasteiger charge is -2.10. The molecule has 0 aromatic heterocycles. The molecule has 0 aliphatic carbocycles. The number of benzene rings is 2. The first kappa shape index (κ1) is 16.7. The van der Waals surface area contributed by atoms with Gasteiger partial charge in [0, 0.05) is 5.56 Å². The molecule has 23 heavy (non-hydrogen) atoms. The molecule has 0 saturated carbocycles. The number of aryl methyl sites for hydroxylation is 1. The van der Waals surface area contributed by atoms with Gasteiger partial charge >= 0.3 is 0 Å². The molecule has 4 nitrogen and oxygen atoms in total. The highest BCUT2D eigenvalue weighted by Gasteiger charge is 2.09. The number of hydrogen-bond acceptors (Lipinski definition) is 3. The van der Waals surface area contributed by atoms with Crippen molar-refractivity contribution in [3.8, 4) is 5.75 Å². The Morgan fingerprint density at radius 2 is 1.74 bits per heavy atom. The molecular formula is C19H21NO3. The highest BCUT2D eigenvalue weighted by atomic mass is 16.5. The Morgan fingerprint density at radius 3 is 2.39 bits per heavy atom. The van der Waals surface area contributed by atoms with Crippen LogP contribution >= 0.6 is 0 Å². The van der Waals surface area contributed by atoms with Crippen molar-refractivity contribution in [3.63, 3.8) is 0 Å². The van der Waals surface area contributed by atoms with E-state index in [-0.39, 0.29) is 18.1 Å². The predicted molar refractivity (Wildman–Crippen MR) is 91.0 cm³/mol. The smallest absolute Gasteiger partial charge is 0.227 e. The maximum atomic E-state index is 12.0. The molecule has 1 N–H and O–H groups in total. The van der Waals surface area contributed by atoms with Crippen LogP contribution in [0.4, 0.5) is 5.69 Å². The molecule has 0 radical (unpaired) electrons. The number of ether oxygens (including phenoxy) is 1. The van der Waals surface area contributed by atoms with E-state index >= 15 is 0 Å². The number of rotatable bonds is 7. The minimum Gasteiger partial charge on any atom is -0.493 e. The van der Waals surface area contributed by atoms with Crippen LogP contribution in [-0.4, -0.2) is 18.3 Å². The number of carbonyl (C=O) groups is 2. The molecule has 4 heteroatoms. The number of para-hydroxylation sites is 1. The molecule has 0 spiro atoms. The van der Waals surface area contributed by atoms with Gasteiger partial charge in [0.25, 0.3) is 0 Å². The Kier molecular flexibility index (Phi) is 5.92. The van der Waals surface area contributed by atoms with Crippen LogP contribution in [0, 0.1) is 0 Å².